The quantitative estimate of drug-likeness (QED) is 0.540. The third kappa shape index (κ3) is 1.40. The van der Waals surface area contributed by atoms with Crippen LogP contribution in [0.4, 0.5) is 0 Å². The Balaban J connectivity index is 2.04. The molecule has 1 fully saturated rings. The van der Waals surface area contributed by atoms with E-state index < -0.39 is 0 Å². The van der Waals surface area contributed by atoms with Gasteiger partial charge in [0.1, 0.15) is 5.71 Å². The summed E-state index contributed by atoms with van der Waals surface area (Å²) in [5, 5.41) is 14.8. The number of rotatable bonds is 0. The summed E-state index contributed by atoms with van der Waals surface area (Å²) in [5.74, 6) is 0. The number of piperidine rings is 1. The smallest absolute Gasteiger partial charge is 0.105 e. The van der Waals surface area contributed by atoms with Crippen molar-refractivity contribution in [1.82, 2.24) is 4.90 Å². The fourth-order valence-corrected chi connectivity index (χ4v) is 3.57. The Kier molecular flexibility index (Phi) is 2.25. The zero-order valence-electron chi connectivity index (χ0n) is 8.52. The number of hydrogen-bond acceptors (Lipinski definition) is 4. The van der Waals surface area contributed by atoms with Gasteiger partial charge in [0.2, 0.25) is 0 Å². The molecule has 0 amide bonds. The first kappa shape index (κ1) is 9.36. The summed E-state index contributed by atoms with van der Waals surface area (Å²) in [6, 6.07) is 2.44. The van der Waals surface area contributed by atoms with E-state index in [-0.39, 0.29) is 0 Å². The first-order chi connectivity index (χ1) is 7.40. The van der Waals surface area contributed by atoms with Crippen molar-refractivity contribution >= 4 is 17.0 Å². The van der Waals surface area contributed by atoms with Gasteiger partial charge in [-0.1, -0.05) is 11.6 Å². The summed E-state index contributed by atoms with van der Waals surface area (Å²) in [7, 11) is 0. The summed E-state index contributed by atoms with van der Waals surface area (Å²) in [5.41, 5.74) is 2.06. The van der Waals surface area contributed by atoms with Gasteiger partial charge in [-0.25, -0.2) is 0 Å². The van der Waals surface area contributed by atoms with Gasteiger partial charge in [0, 0.05) is 17.0 Å². The molecular formula is C11H14N2OS. The topological polar surface area (TPSA) is 35.8 Å². The predicted molar refractivity (Wildman–Crippen MR) is 60.7 cm³/mol. The van der Waals surface area contributed by atoms with Gasteiger partial charge in [-0.3, -0.25) is 4.90 Å². The van der Waals surface area contributed by atoms with E-state index in [1.165, 1.54) is 23.3 Å². The lowest BCUT2D eigenvalue weighted by atomic mass is 9.90. The second kappa shape index (κ2) is 3.61. The molecule has 1 aromatic rings. The average Bonchev–Trinajstić information content (AvgIpc) is 2.73. The molecule has 0 saturated carbocycles. The van der Waals surface area contributed by atoms with Crippen LogP contribution in [0.25, 0.3) is 0 Å². The minimum Gasteiger partial charge on any atom is -0.411 e. The van der Waals surface area contributed by atoms with Crippen LogP contribution in [-0.2, 0) is 6.54 Å². The van der Waals surface area contributed by atoms with Crippen LogP contribution in [0.2, 0.25) is 0 Å². The van der Waals surface area contributed by atoms with Crippen LogP contribution >= 0.6 is 11.3 Å². The third-order valence-corrected chi connectivity index (χ3v) is 4.31. The first-order valence-electron chi connectivity index (χ1n) is 5.43. The Labute approximate surface area is 93.0 Å². The molecule has 1 unspecified atom stereocenters. The second-order valence-electron chi connectivity index (χ2n) is 4.22. The molecule has 4 heteroatoms. The number of hydrogen-bond donors (Lipinski definition) is 1. The van der Waals surface area contributed by atoms with Gasteiger partial charge in [-0.2, -0.15) is 0 Å². The van der Waals surface area contributed by atoms with E-state index in [0.717, 1.165) is 25.2 Å². The Bertz CT molecular complexity index is 399. The zero-order chi connectivity index (χ0) is 10.3. The molecule has 1 atom stereocenters. The summed E-state index contributed by atoms with van der Waals surface area (Å²) in [6.07, 6.45) is 3.66. The molecule has 0 aliphatic carbocycles. The van der Waals surface area contributed by atoms with Crippen LogP contribution < -0.4 is 0 Å². The first-order valence-corrected chi connectivity index (χ1v) is 6.31. The normalized spacial score (nSPS) is 28.8. The highest BCUT2D eigenvalue weighted by atomic mass is 32.1. The Morgan fingerprint density at radius 3 is 3.27 bits per heavy atom. The molecular weight excluding hydrogens is 208 g/mol. The molecule has 1 N–H and O–H groups in total. The lowest BCUT2D eigenvalue weighted by Crippen LogP contribution is -2.47. The standard InChI is InChI=1S/C11H14N2OS/c14-12-11-8-4-6-15-10(8)7-13-5-2-1-3-9(11)13/h4,6,9,14H,1-3,5,7H2/b12-11+. The van der Waals surface area contributed by atoms with Crippen molar-refractivity contribution in [3.05, 3.63) is 21.9 Å². The maximum absolute atomic E-state index is 9.16. The average molecular weight is 222 g/mol. The Morgan fingerprint density at radius 1 is 1.47 bits per heavy atom. The van der Waals surface area contributed by atoms with E-state index in [2.05, 4.69) is 21.5 Å². The summed E-state index contributed by atoms with van der Waals surface area (Å²) in [6.45, 7) is 2.18. The number of nitrogens with zero attached hydrogens (tertiary/aromatic N) is 2. The fourth-order valence-electron chi connectivity index (χ4n) is 2.67. The van der Waals surface area contributed by atoms with E-state index in [1.54, 1.807) is 11.3 Å². The van der Waals surface area contributed by atoms with E-state index in [4.69, 9.17) is 5.21 Å². The third-order valence-electron chi connectivity index (χ3n) is 3.41. The van der Waals surface area contributed by atoms with Crippen LogP contribution in [0, 0.1) is 0 Å². The highest BCUT2D eigenvalue weighted by Crippen LogP contribution is 2.32. The lowest BCUT2D eigenvalue weighted by molar-refractivity contribution is 0.175. The van der Waals surface area contributed by atoms with E-state index in [9.17, 15) is 0 Å². The van der Waals surface area contributed by atoms with Gasteiger partial charge in [-0.15, -0.1) is 11.3 Å². The van der Waals surface area contributed by atoms with Gasteiger partial charge in [0.15, 0.2) is 0 Å². The molecule has 0 spiro atoms. The van der Waals surface area contributed by atoms with Crippen molar-refractivity contribution in [3.63, 3.8) is 0 Å². The van der Waals surface area contributed by atoms with Crippen LogP contribution in [0.1, 0.15) is 29.7 Å². The monoisotopic (exact) mass is 222 g/mol. The minimum absolute atomic E-state index is 0.353. The van der Waals surface area contributed by atoms with Crippen molar-refractivity contribution in [3.8, 4) is 0 Å². The molecule has 0 radical (unpaired) electrons. The van der Waals surface area contributed by atoms with E-state index >= 15 is 0 Å². The van der Waals surface area contributed by atoms with Crippen molar-refractivity contribution in [1.29, 1.82) is 0 Å². The zero-order valence-corrected chi connectivity index (χ0v) is 9.33. The fraction of sp³-hybridized carbons (Fsp3) is 0.545. The molecule has 1 aromatic heterocycles. The highest BCUT2D eigenvalue weighted by Gasteiger charge is 2.34. The van der Waals surface area contributed by atoms with Gasteiger partial charge in [0.25, 0.3) is 0 Å². The SMILES string of the molecule is O/N=C1\c2ccsc2CN2CCCCC12. The van der Waals surface area contributed by atoms with Gasteiger partial charge >= 0.3 is 0 Å². The number of thiophene rings is 1. The summed E-state index contributed by atoms with van der Waals surface area (Å²) in [4.78, 5) is 3.79. The molecule has 2 aliphatic rings. The van der Waals surface area contributed by atoms with E-state index in [1.807, 2.05) is 0 Å². The molecule has 1 saturated heterocycles. The molecule has 80 valence electrons. The Hall–Kier alpha value is -0.870. The Morgan fingerprint density at radius 2 is 2.40 bits per heavy atom. The maximum atomic E-state index is 9.16. The largest absolute Gasteiger partial charge is 0.411 e. The lowest BCUT2D eigenvalue weighted by Gasteiger charge is -2.39. The van der Waals surface area contributed by atoms with Crippen molar-refractivity contribution in [2.24, 2.45) is 5.16 Å². The summed E-state index contributed by atoms with van der Waals surface area (Å²) < 4.78 is 0. The molecule has 3 nitrogen and oxygen atoms in total. The van der Waals surface area contributed by atoms with Crippen LogP contribution in [0.5, 0.6) is 0 Å². The summed E-state index contributed by atoms with van der Waals surface area (Å²) >= 11 is 1.77. The van der Waals surface area contributed by atoms with Gasteiger partial charge in [-0.05, 0) is 30.8 Å². The van der Waals surface area contributed by atoms with E-state index in [0.29, 0.717) is 6.04 Å². The number of fused-ring (bicyclic) bond motifs is 2. The van der Waals surface area contributed by atoms with Crippen molar-refractivity contribution in [2.75, 3.05) is 6.54 Å². The predicted octanol–water partition coefficient (Wildman–Crippen LogP) is 2.29. The molecule has 15 heavy (non-hydrogen) atoms. The second-order valence-corrected chi connectivity index (χ2v) is 5.23. The molecule has 0 aromatic carbocycles. The van der Waals surface area contributed by atoms with Crippen molar-refractivity contribution < 1.29 is 5.21 Å². The van der Waals surface area contributed by atoms with Gasteiger partial charge < -0.3 is 5.21 Å². The van der Waals surface area contributed by atoms with Gasteiger partial charge in [0.05, 0.1) is 6.04 Å². The maximum Gasteiger partial charge on any atom is 0.105 e. The van der Waals surface area contributed by atoms with Crippen molar-refractivity contribution in [2.45, 2.75) is 31.8 Å². The molecule has 0 bridgehead atoms. The molecule has 3 rings (SSSR count). The molecule has 3 heterocycles. The highest BCUT2D eigenvalue weighted by molar-refractivity contribution is 7.10. The van der Waals surface area contributed by atoms with Crippen LogP contribution in [0.3, 0.4) is 0 Å². The number of oxime groups is 1. The molecule has 2 aliphatic heterocycles. The van der Waals surface area contributed by atoms with Crippen LogP contribution in [0.15, 0.2) is 16.6 Å². The minimum atomic E-state index is 0.353. The van der Waals surface area contributed by atoms with Crippen LogP contribution in [-0.4, -0.2) is 28.4 Å².